The van der Waals surface area contributed by atoms with Crippen molar-refractivity contribution in [1.82, 2.24) is 4.90 Å². The molecular weight excluding hydrogens is 470 g/mol. The Labute approximate surface area is 216 Å². The van der Waals surface area contributed by atoms with E-state index in [1.54, 1.807) is 49.6 Å². The molecular formula is C30H31NO6. The first-order chi connectivity index (χ1) is 17.8. The van der Waals surface area contributed by atoms with Gasteiger partial charge in [0.05, 0.1) is 31.4 Å². The van der Waals surface area contributed by atoms with Crippen molar-refractivity contribution in [2.75, 3.05) is 13.7 Å². The largest absolute Gasteiger partial charge is 0.507 e. The molecule has 1 saturated heterocycles. The standard InChI is InChI=1S/C30H31NO6/c1-5-36-25-8-6-7-22(17-25)27-26(28(32)21-11-15-24(16-12-21)37-19(2)3)29(33)30(34)31(27)18-20-9-13-23(35-4)14-10-20/h6-17,19,27,32H,5,18H2,1-4H3/b28-26-. The highest BCUT2D eigenvalue weighted by Crippen LogP contribution is 2.41. The van der Waals surface area contributed by atoms with Crippen LogP contribution in [-0.2, 0) is 16.1 Å². The van der Waals surface area contributed by atoms with Crippen LogP contribution in [0, 0.1) is 0 Å². The summed E-state index contributed by atoms with van der Waals surface area (Å²) in [7, 11) is 1.58. The van der Waals surface area contributed by atoms with Crippen molar-refractivity contribution >= 4 is 17.4 Å². The van der Waals surface area contributed by atoms with E-state index >= 15 is 0 Å². The summed E-state index contributed by atoms with van der Waals surface area (Å²) < 4.78 is 16.6. The zero-order valence-corrected chi connectivity index (χ0v) is 21.4. The molecule has 1 unspecified atom stereocenters. The Kier molecular flexibility index (Phi) is 7.82. The number of likely N-dealkylation sites (tertiary alicyclic amines) is 1. The second kappa shape index (κ2) is 11.2. The Hall–Kier alpha value is -4.26. The lowest BCUT2D eigenvalue weighted by Crippen LogP contribution is -2.29. The van der Waals surface area contributed by atoms with Gasteiger partial charge in [0.25, 0.3) is 11.7 Å². The van der Waals surface area contributed by atoms with Gasteiger partial charge in [0.15, 0.2) is 0 Å². The lowest BCUT2D eigenvalue weighted by molar-refractivity contribution is -0.140. The molecule has 4 rings (SSSR count). The summed E-state index contributed by atoms with van der Waals surface area (Å²) in [4.78, 5) is 28.1. The molecule has 0 aliphatic carbocycles. The number of aliphatic hydroxyl groups excluding tert-OH is 1. The quantitative estimate of drug-likeness (QED) is 0.237. The van der Waals surface area contributed by atoms with Crippen LogP contribution in [0.2, 0.25) is 0 Å². The number of ether oxygens (including phenoxy) is 3. The SMILES string of the molecule is CCOc1cccc(C2/C(=C(/O)c3ccc(OC(C)C)cc3)C(=O)C(=O)N2Cc2ccc(OC)cc2)c1. The van der Waals surface area contributed by atoms with Crippen LogP contribution < -0.4 is 14.2 Å². The van der Waals surface area contributed by atoms with Crippen LogP contribution >= 0.6 is 0 Å². The van der Waals surface area contributed by atoms with Crippen molar-refractivity contribution in [3.63, 3.8) is 0 Å². The normalized spacial score (nSPS) is 16.8. The molecule has 1 amide bonds. The summed E-state index contributed by atoms with van der Waals surface area (Å²) in [6, 6.07) is 20.6. The monoisotopic (exact) mass is 501 g/mol. The van der Waals surface area contributed by atoms with Crippen molar-refractivity contribution in [3.8, 4) is 17.2 Å². The Morgan fingerprint density at radius 2 is 1.62 bits per heavy atom. The number of amides is 1. The Morgan fingerprint density at radius 1 is 0.946 bits per heavy atom. The number of rotatable bonds is 9. The molecule has 192 valence electrons. The van der Waals surface area contributed by atoms with Gasteiger partial charge in [0.2, 0.25) is 0 Å². The topological polar surface area (TPSA) is 85.3 Å². The van der Waals surface area contributed by atoms with Gasteiger partial charge >= 0.3 is 0 Å². The number of aliphatic hydroxyl groups is 1. The molecule has 1 fully saturated rings. The average molecular weight is 502 g/mol. The third kappa shape index (κ3) is 5.61. The summed E-state index contributed by atoms with van der Waals surface area (Å²) >= 11 is 0. The number of methoxy groups -OCH3 is 1. The first-order valence-electron chi connectivity index (χ1n) is 12.2. The summed E-state index contributed by atoms with van der Waals surface area (Å²) in [5, 5.41) is 11.3. The van der Waals surface area contributed by atoms with Gasteiger partial charge in [-0.05, 0) is 80.4 Å². The van der Waals surface area contributed by atoms with E-state index in [1.165, 1.54) is 4.90 Å². The predicted octanol–water partition coefficient (Wildman–Crippen LogP) is 5.50. The summed E-state index contributed by atoms with van der Waals surface area (Å²) in [6.07, 6.45) is 0.000317. The van der Waals surface area contributed by atoms with Crippen LogP contribution in [0.1, 0.15) is 43.5 Å². The maximum absolute atomic E-state index is 13.3. The molecule has 0 aromatic heterocycles. The van der Waals surface area contributed by atoms with Gasteiger partial charge in [0.1, 0.15) is 23.0 Å². The molecule has 3 aromatic rings. The van der Waals surface area contributed by atoms with E-state index in [-0.39, 0.29) is 24.0 Å². The zero-order valence-electron chi connectivity index (χ0n) is 21.4. The molecule has 7 heteroatoms. The molecule has 0 bridgehead atoms. The van der Waals surface area contributed by atoms with Gasteiger partial charge in [-0.3, -0.25) is 9.59 Å². The molecule has 1 aliphatic heterocycles. The first kappa shape index (κ1) is 25.8. The molecule has 1 N–H and O–H groups in total. The zero-order chi connectivity index (χ0) is 26.5. The van der Waals surface area contributed by atoms with E-state index in [4.69, 9.17) is 14.2 Å². The summed E-state index contributed by atoms with van der Waals surface area (Å²) in [5.41, 5.74) is 1.94. The molecule has 0 spiro atoms. The first-order valence-corrected chi connectivity index (χ1v) is 12.2. The minimum absolute atomic E-state index is 0.000317. The van der Waals surface area contributed by atoms with Crippen LogP contribution in [0.4, 0.5) is 0 Å². The van der Waals surface area contributed by atoms with Crippen molar-refractivity contribution < 1.29 is 28.9 Å². The lowest BCUT2D eigenvalue weighted by atomic mass is 9.95. The van der Waals surface area contributed by atoms with Gasteiger partial charge in [-0.15, -0.1) is 0 Å². The lowest BCUT2D eigenvalue weighted by Gasteiger charge is -2.26. The minimum atomic E-state index is -0.797. The molecule has 0 radical (unpaired) electrons. The Bertz CT molecular complexity index is 1290. The van der Waals surface area contributed by atoms with Crippen LogP contribution in [0.3, 0.4) is 0 Å². The fraction of sp³-hybridized carbons (Fsp3) is 0.267. The third-order valence-corrected chi connectivity index (χ3v) is 6.04. The molecule has 1 atom stereocenters. The molecule has 1 aliphatic rings. The van der Waals surface area contributed by atoms with E-state index in [2.05, 4.69) is 0 Å². The highest BCUT2D eigenvalue weighted by molar-refractivity contribution is 6.46. The number of carbonyl (C=O) groups excluding carboxylic acids is 2. The van der Waals surface area contributed by atoms with Gasteiger partial charge in [-0.25, -0.2) is 0 Å². The predicted molar refractivity (Wildman–Crippen MR) is 141 cm³/mol. The smallest absolute Gasteiger partial charge is 0.295 e. The van der Waals surface area contributed by atoms with Gasteiger partial charge in [-0.2, -0.15) is 0 Å². The van der Waals surface area contributed by atoms with E-state index in [9.17, 15) is 14.7 Å². The maximum Gasteiger partial charge on any atom is 0.295 e. The van der Waals surface area contributed by atoms with E-state index in [1.807, 2.05) is 51.1 Å². The minimum Gasteiger partial charge on any atom is -0.507 e. The summed E-state index contributed by atoms with van der Waals surface area (Å²) in [6.45, 7) is 6.38. The number of hydrogen-bond donors (Lipinski definition) is 1. The maximum atomic E-state index is 13.3. The Balaban J connectivity index is 1.79. The number of hydrogen-bond acceptors (Lipinski definition) is 6. The molecule has 7 nitrogen and oxygen atoms in total. The van der Waals surface area contributed by atoms with Crippen molar-refractivity contribution in [3.05, 3.63) is 95.1 Å². The number of carbonyl (C=O) groups is 2. The highest BCUT2D eigenvalue weighted by Gasteiger charge is 2.46. The van der Waals surface area contributed by atoms with Gasteiger partial charge in [0, 0.05) is 12.1 Å². The van der Waals surface area contributed by atoms with Crippen LogP contribution in [0.5, 0.6) is 17.2 Å². The number of Topliss-reactive ketones (excluding diaryl/α,β-unsaturated/α-hetero) is 1. The molecule has 3 aromatic carbocycles. The Morgan fingerprint density at radius 3 is 2.24 bits per heavy atom. The van der Waals surface area contributed by atoms with Crippen LogP contribution in [0.25, 0.3) is 5.76 Å². The highest BCUT2D eigenvalue weighted by atomic mass is 16.5. The van der Waals surface area contributed by atoms with Crippen LogP contribution in [0.15, 0.2) is 78.4 Å². The van der Waals surface area contributed by atoms with E-state index in [0.29, 0.717) is 35.0 Å². The second-order valence-corrected chi connectivity index (χ2v) is 8.97. The van der Waals surface area contributed by atoms with Crippen molar-refractivity contribution in [1.29, 1.82) is 0 Å². The summed E-state index contributed by atoms with van der Waals surface area (Å²) in [5.74, 6) is 0.303. The van der Waals surface area contributed by atoms with Gasteiger partial charge in [-0.1, -0.05) is 24.3 Å². The van der Waals surface area contributed by atoms with Crippen LogP contribution in [-0.4, -0.2) is 41.5 Å². The fourth-order valence-corrected chi connectivity index (χ4v) is 4.38. The molecule has 0 saturated carbocycles. The van der Waals surface area contributed by atoms with Crippen molar-refractivity contribution in [2.24, 2.45) is 0 Å². The number of benzene rings is 3. The van der Waals surface area contributed by atoms with E-state index < -0.39 is 17.7 Å². The second-order valence-electron chi connectivity index (χ2n) is 8.97. The number of nitrogens with zero attached hydrogens (tertiary/aromatic N) is 1. The van der Waals surface area contributed by atoms with Crippen molar-refractivity contribution in [2.45, 2.75) is 39.5 Å². The fourth-order valence-electron chi connectivity index (χ4n) is 4.38. The third-order valence-electron chi connectivity index (χ3n) is 6.04. The number of ketones is 1. The van der Waals surface area contributed by atoms with Gasteiger partial charge < -0.3 is 24.2 Å². The molecule has 37 heavy (non-hydrogen) atoms. The van der Waals surface area contributed by atoms with E-state index in [0.717, 1.165) is 5.56 Å². The average Bonchev–Trinajstić information content (AvgIpc) is 3.14. The molecule has 1 heterocycles.